The number of fused-ring (bicyclic) bond motifs is 2. The van der Waals surface area contributed by atoms with E-state index in [0.717, 1.165) is 4.68 Å². The molecule has 2 fully saturated rings. The maximum absolute atomic E-state index is 15.4. The van der Waals surface area contributed by atoms with Gasteiger partial charge in [0.15, 0.2) is 40.6 Å². The number of alkyl halides is 1. The number of ether oxygens (including phenoxy) is 2. The number of aliphatic hydroxyl groups excluding tert-OH is 2. The number of nitrogen functional groups attached to an aromatic ring is 2. The molecule has 0 radical (unpaired) electrons. The normalized spacial score (nSPS) is 30.6. The van der Waals surface area contributed by atoms with E-state index in [1.165, 1.54) is 17.2 Å². The number of aromatic nitrogens is 9. The van der Waals surface area contributed by atoms with Crippen LogP contribution in [0.2, 0.25) is 0 Å². The Hall–Kier alpha value is -3.74. The fraction of sp³-hybridized carbons (Fsp3) is 0.476. The largest absolute Gasteiger partial charge is 0.394 e. The molecule has 8 atom stereocenters. The van der Waals surface area contributed by atoms with Crippen LogP contribution < -0.4 is 17.0 Å². The maximum atomic E-state index is 15.4. The van der Waals surface area contributed by atoms with Crippen LogP contribution in [0.3, 0.4) is 0 Å². The van der Waals surface area contributed by atoms with Crippen molar-refractivity contribution in [3.05, 3.63) is 23.0 Å². The molecule has 43 heavy (non-hydrogen) atoms. The van der Waals surface area contributed by atoms with Gasteiger partial charge in [0.05, 0.1) is 12.9 Å². The van der Waals surface area contributed by atoms with Gasteiger partial charge in [0.25, 0.3) is 5.56 Å². The Bertz CT molecular complexity index is 1850. The van der Waals surface area contributed by atoms with Crippen LogP contribution in [0.5, 0.6) is 0 Å². The Kier molecular flexibility index (Phi) is 7.34. The number of aliphatic hydroxyl groups is 2. The quantitative estimate of drug-likeness (QED) is 0.0754. The molecule has 2 saturated heterocycles. The standard InChI is InChI=1S/C21H23FN11O8PS/c1-2-21(9(35)3-10(40-21)32-7-27-12-15(23)25-6-26-16(12)32)5-38-42(37,43)41-14-11(22)8(4-34)39-19(14)33-17-13(30-31-33)18(36)29-20(24)28-17/h1,6-11,14,19,34-35H,3-5H2,(H,37,43)(H2,23,25,26)(H3,24,28,29,36)/t8-,9+,10-,11+,14-,19-,21-,42?/m1/s1. The van der Waals surface area contributed by atoms with Gasteiger partial charge < -0.3 is 31.2 Å². The lowest BCUT2D eigenvalue weighted by Gasteiger charge is -2.29. The van der Waals surface area contributed by atoms with E-state index in [0.29, 0.717) is 11.2 Å². The van der Waals surface area contributed by atoms with E-state index >= 15 is 4.39 Å². The van der Waals surface area contributed by atoms with Gasteiger partial charge in [-0.05, 0) is 0 Å². The van der Waals surface area contributed by atoms with Crippen LogP contribution in [0.25, 0.3) is 22.3 Å². The predicted octanol–water partition coefficient (Wildman–Crippen LogP) is -1.16. The van der Waals surface area contributed by atoms with Gasteiger partial charge >= 0.3 is 6.80 Å². The van der Waals surface area contributed by atoms with Crippen LogP contribution in [0, 0.1) is 12.3 Å². The fourth-order valence-corrected chi connectivity index (χ4v) is 6.29. The smallest absolute Gasteiger partial charge is 0.386 e. The molecule has 0 saturated carbocycles. The van der Waals surface area contributed by atoms with Gasteiger partial charge in [0, 0.05) is 6.42 Å². The van der Waals surface area contributed by atoms with Crippen LogP contribution in [-0.2, 0) is 23.1 Å². The molecule has 7 N–H and O–H groups in total. The number of nitrogens with zero attached hydrogens (tertiary/aromatic N) is 8. The molecule has 22 heteroatoms. The molecule has 0 aliphatic carbocycles. The van der Waals surface area contributed by atoms with Crippen LogP contribution in [0.4, 0.5) is 16.2 Å². The minimum absolute atomic E-state index is 0.0431. The number of terminal acetylenes is 1. The molecule has 0 bridgehead atoms. The van der Waals surface area contributed by atoms with Crippen LogP contribution in [0.15, 0.2) is 17.4 Å². The number of H-pyrrole nitrogens is 1. The van der Waals surface area contributed by atoms with Crippen LogP contribution in [-0.4, -0.2) is 98.0 Å². The van der Waals surface area contributed by atoms with E-state index < -0.39 is 68.1 Å². The summed E-state index contributed by atoms with van der Waals surface area (Å²) in [5.74, 6) is 2.17. The van der Waals surface area contributed by atoms with Crippen molar-refractivity contribution in [2.24, 2.45) is 0 Å². The second-order valence-corrected chi connectivity index (χ2v) is 12.5. The number of hydrogen-bond donors (Lipinski definition) is 6. The van der Waals surface area contributed by atoms with Crippen LogP contribution >= 0.6 is 19.0 Å². The summed E-state index contributed by atoms with van der Waals surface area (Å²) in [6, 6.07) is 0. The summed E-state index contributed by atoms with van der Waals surface area (Å²) >= 11 is 3.96. The Morgan fingerprint density at radius 2 is 2.12 bits per heavy atom. The number of nitrogens with one attached hydrogen (secondary N) is 1. The average molecular weight is 640 g/mol. The Labute approximate surface area is 244 Å². The molecular weight excluding hydrogens is 616 g/mol. The van der Waals surface area contributed by atoms with Gasteiger partial charge in [-0.3, -0.25) is 23.4 Å². The third-order valence-corrected chi connectivity index (χ3v) is 8.58. The molecule has 0 aromatic carbocycles. The number of aromatic amines is 1. The lowest BCUT2D eigenvalue weighted by molar-refractivity contribution is -0.0877. The third kappa shape index (κ3) is 5.00. The highest BCUT2D eigenvalue weighted by Gasteiger charge is 2.53. The van der Waals surface area contributed by atoms with E-state index in [4.69, 9.17) is 36.4 Å². The highest BCUT2D eigenvalue weighted by Crippen LogP contribution is 2.58. The first kappa shape index (κ1) is 29.3. The SMILES string of the molecule is C#C[C@]1(COP(=O)(S)O[C@@H]2[C@@H](F)[C@@H](CO)O[C@H]2n2nnc3c(=O)[nH]c(N)nc32)O[C@@H](n2cnc3c(N)ncnc32)C[C@@H]1O. The number of thiol groups is 1. The Balaban J connectivity index is 1.22. The summed E-state index contributed by atoms with van der Waals surface area (Å²) < 4.78 is 53.5. The number of rotatable bonds is 8. The summed E-state index contributed by atoms with van der Waals surface area (Å²) in [5, 5.41) is 28.0. The zero-order chi connectivity index (χ0) is 30.7. The molecule has 19 nitrogen and oxygen atoms in total. The molecule has 1 unspecified atom stereocenters. The van der Waals surface area contributed by atoms with Crippen molar-refractivity contribution in [3.63, 3.8) is 0 Å². The summed E-state index contributed by atoms with van der Waals surface area (Å²) in [4.78, 5) is 30.6. The van der Waals surface area contributed by atoms with Crippen molar-refractivity contribution in [2.75, 3.05) is 24.7 Å². The van der Waals surface area contributed by atoms with Gasteiger partial charge in [-0.25, -0.2) is 23.9 Å². The second kappa shape index (κ2) is 10.8. The van der Waals surface area contributed by atoms with E-state index in [1.807, 2.05) is 0 Å². The van der Waals surface area contributed by atoms with Crippen molar-refractivity contribution in [2.45, 2.75) is 49.0 Å². The number of halogens is 1. The molecule has 0 spiro atoms. The molecule has 2 aliphatic heterocycles. The van der Waals surface area contributed by atoms with E-state index in [9.17, 15) is 19.6 Å². The molecule has 4 aromatic heterocycles. The molecule has 0 amide bonds. The topological polar surface area (TPSA) is 267 Å². The number of hydrogen-bond acceptors (Lipinski definition) is 16. The molecular formula is C21H23FN11O8PS. The summed E-state index contributed by atoms with van der Waals surface area (Å²) in [7, 11) is 0. The van der Waals surface area contributed by atoms with Crippen molar-refractivity contribution >= 4 is 53.1 Å². The monoisotopic (exact) mass is 639 g/mol. The number of anilines is 2. The molecule has 6 heterocycles. The summed E-state index contributed by atoms with van der Waals surface area (Å²) in [6.07, 6.45) is -0.774. The first-order valence-corrected chi connectivity index (χ1v) is 15.1. The van der Waals surface area contributed by atoms with Crippen molar-refractivity contribution in [1.82, 2.24) is 44.5 Å². The third-order valence-electron chi connectivity index (χ3n) is 6.99. The van der Waals surface area contributed by atoms with E-state index in [1.54, 1.807) is 0 Å². The highest BCUT2D eigenvalue weighted by molar-refractivity contribution is 8.44. The van der Waals surface area contributed by atoms with Gasteiger partial charge in [-0.2, -0.15) is 9.67 Å². The zero-order valence-corrected chi connectivity index (χ0v) is 23.5. The maximum Gasteiger partial charge on any atom is 0.386 e. The van der Waals surface area contributed by atoms with E-state index in [-0.39, 0.29) is 29.4 Å². The van der Waals surface area contributed by atoms with Gasteiger partial charge in [-0.15, -0.1) is 11.5 Å². The lowest BCUT2D eigenvalue weighted by Crippen LogP contribution is -2.42. The molecule has 4 aromatic rings. The molecule has 6 rings (SSSR count). The highest BCUT2D eigenvalue weighted by atomic mass is 32.7. The van der Waals surface area contributed by atoms with Crippen molar-refractivity contribution < 1.29 is 37.7 Å². The van der Waals surface area contributed by atoms with Gasteiger partial charge in [0.1, 0.15) is 43.0 Å². The zero-order valence-electron chi connectivity index (χ0n) is 21.7. The predicted molar refractivity (Wildman–Crippen MR) is 146 cm³/mol. The van der Waals surface area contributed by atoms with E-state index in [2.05, 4.69) is 53.4 Å². The first-order valence-electron chi connectivity index (χ1n) is 12.4. The number of imidazole rings is 1. The van der Waals surface area contributed by atoms with Crippen LogP contribution in [0.1, 0.15) is 18.9 Å². The number of nitrogens with two attached hydrogens (primary N) is 2. The van der Waals surface area contributed by atoms with Gasteiger partial charge in [0.2, 0.25) is 5.95 Å². The van der Waals surface area contributed by atoms with Gasteiger partial charge in [-0.1, -0.05) is 23.4 Å². The lowest BCUT2D eigenvalue weighted by atomic mass is 9.99. The minimum Gasteiger partial charge on any atom is -0.394 e. The average Bonchev–Trinajstić information content (AvgIpc) is 3.72. The van der Waals surface area contributed by atoms with Crippen molar-refractivity contribution in [3.8, 4) is 12.3 Å². The van der Waals surface area contributed by atoms with Crippen molar-refractivity contribution in [1.29, 1.82) is 0 Å². The minimum atomic E-state index is -4.52. The summed E-state index contributed by atoms with van der Waals surface area (Å²) in [5.41, 5.74) is 9.07. The molecule has 2 aliphatic rings. The Morgan fingerprint density at radius 3 is 2.86 bits per heavy atom. The fourth-order valence-electron chi connectivity index (χ4n) is 4.85. The second-order valence-electron chi connectivity index (χ2n) is 9.60. The first-order chi connectivity index (χ1) is 20.5. The molecule has 228 valence electrons. The summed E-state index contributed by atoms with van der Waals surface area (Å²) in [6.45, 7) is -6.02. The Morgan fingerprint density at radius 1 is 1.33 bits per heavy atom.